The third kappa shape index (κ3) is 2.07. The Balaban J connectivity index is 2.63. The van der Waals surface area contributed by atoms with Crippen LogP contribution in [0.1, 0.15) is 6.42 Å². The van der Waals surface area contributed by atoms with Crippen molar-refractivity contribution in [3.63, 3.8) is 0 Å². The summed E-state index contributed by atoms with van der Waals surface area (Å²) >= 11 is 3.44. The molecule has 1 rings (SSSR count). The van der Waals surface area contributed by atoms with E-state index in [1.54, 1.807) is 14.2 Å². The topological polar surface area (TPSA) is 18.5 Å². The lowest BCUT2D eigenvalue weighted by atomic mass is 10.1. The minimum absolute atomic E-state index is 0.324. The van der Waals surface area contributed by atoms with Gasteiger partial charge in [-0.1, -0.05) is 0 Å². The van der Waals surface area contributed by atoms with Gasteiger partial charge >= 0.3 is 0 Å². The highest BCUT2D eigenvalue weighted by Gasteiger charge is 2.23. The average molecular weight is 219 g/mol. The molecule has 0 amide bonds. The highest BCUT2D eigenvalue weighted by atomic mass is 79.9. The molecule has 0 saturated carbocycles. The number of methoxy groups -OCH3 is 2. The minimum Gasteiger partial charge on any atom is -0.497 e. The highest BCUT2D eigenvalue weighted by molar-refractivity contribution is 9.10. The van der Waals surface area contributed by atoms with Crippen LogP contribution >= 0.6 is 15.9 Å². The van der Waals surface area contributed by atoms with Gasteiger partial charge in [-0.3, -0.25) is 0 Å². The summed E-state index contributed by atoms with van der Waals surface area (Å²) in [6, 6.07) is 0. The number of halogens is 1. The number of allylic oxidation sites excluding steroid dienone is 1. The minimum atomic E-state index is -0.324. The van der Waals surface area contributed by atoms with Crippen molar-refractivity contribution >= 4 is 15.9 Å². The second kappa shape index (κ2) is 3.41. The number of hydrogen-bond acceptors (Lipinski definition) is 2. The molecule has 2 nitrogen and oxygen atoms in total. The normalized spacial score (nSPS) is 29.9. The maximum atomic E-state index is 5.20. The van der Waals surface area contributed by atoms with Gasteiger partial charge in [0.1, 0.15) is 10.3 Å². The van der Waals surface area contributed by atoms with Gasteiger partial charge in [-0.05, 0) is 34.2 Å². The Hall–Kier alpha value is -0.280. The Morgan fingerprint density at radius 1 is 1.55 bits per heavy atom. The van der Waals surface area contributed by atoms with Crippen LogP contribution in [0, 0.1) is 0 Å². The lowest BCUT2D eigenvalue weighted by molar-refractivity contribution is 0.116. The Bertz CT molecular complexity index is 198. The maximum Gasteiger partial charge on any atom is 0.144 e. The molecule has 62 valence electrons. The van der Waals surface area contributed by atoms with Crippen LogP contribution in [0.4, 0.5) is 0 Å². The lowest BCUT2D eigenvalue weighted by Gasteiger charge is -2.23. The molecule has 11 heavy (non-hydrogen) atoms. The fraction of sp³-hybridized carbons (Fsp3) is 0.500. The standard InChI is InChI=1S/C8H11BrO2/c1-10-7-3-5-8(9,11-2)6-4-7/h3-5H,6H2,1-2H3. The van der Waals surface area contributed by atoms with Gasteiger partial charge in [-0.15, -0.1) is 0 Å². The van der Waals surface area contributed by atoms with E-state index >= 15 is 0 Å². The summed E-state index contributed by atoms with van der Waals surface area (Å²) in [7, 11) is 3.33. The van der Waals surface area contributed by atoms with Crippen molar-refractivity contribution in [2.75, 3.05) is 14.2 Å². The van der Waals surface area contributed by atoms with Crippen LogP contribution in [0.3, 0.4) is 0 Å². The van der Waals surface area contributed by atoms with Crippen LogP contribution < -0.4 is 0 Å². The fourth-order valence-corrected chi connectivity index (χ4v) is 1.18. The summed E-state index contributed by atoms with van der Waals surface area (Å²) in [6.07, 6.45) is 6.61. The second-order valence-corrected chi connectivity index (χ2v) is 3.68. The molecule has 1 aliphatic carbocycles. The predicted molar refractivity (Wildman–Crippen MR) is 47.5 cm³/mol. The molecule has 1 atom stereocenters. The maximum absolute atomic E-state index is 5.20. The van der Waals surface area contributed by atoms with E-state index in [4.69, 9.17) is 9.47 Å². The molecule has 0 heterocycles. The first kappa shape index (κ1) is 8.81. The predicted octanol–water partition coefficient (Wildman–Crippen LogP) is 2.21. The van der Waals surface area contributed by atoms with Gasteiger partial charge in [0.15, 0.2) is 0 Å². The molecule has 0 aliphatic heterocycles. The molecule has 0 bridgehead atoms. The van der Waals surface area contributed by atoms with E-state index in [2.05, 4.69) is 15.9 Å². The van der Waals surface area contributed by atoms with Crippen LogP contribution in [0.15, 0.2) is 24.0 Å². The fourth-order valence-electron chi connectivity index (χ4n) is 0.885. The van der Waals surface area contributed by atoms with Gasteiger partial charge in [-0.2, -0.15) is 0 Å². The lowest BCUT2D eigenvalue weighted by Crippen LogP contribution is -2.21. The van der Waals surface area contributed by atoms with E-state index in [-0.39, 0.29) is 4.51 Å². The monoisotopic (exact) mass is 218 g/mol. The number of rotatable bonds is 2. The van der Waals surface area contributed by atoms with Gasteiger partial charge < -0.3 is 9.47 Å². The summed E-state index contributed by atoms with van der Waals surface area (Å²) in [5, 5.41) is 0. The molecule has 3 heteroatoms. The number of hydrogen-bond donors (Lipinski definition) is 0. The molecule has 0 aromatic carbocycles. The van der Waals surface area contributed by atoms with Gasteiger partial charge in [0.25, 0.3) is 0 Å². The Labute approximate surface area is 75.0 Å². The molecule has 1 aliphatic rings. The van der Waals surface area contributed by atoms with Crippen molar-refractivity contribution in [2.24, 2.45) is 0 Å². The molecular formula is C8H11BrO2. The number of ether oxygens (including phenoxy) is 2. The average Bonchev–Trinajstić information content (AvgIpc) is 2.06. The summed E-state index contributed by atoms with van der Waals surface area (Å²) in [4.78, 5) is 0. The van der Waals surface area contributed by atoms with E-state index in [9.17, 15) is 0 Å². The first-order chi connectivity index (χ1) is 5.20. The van der Waals surface area contributed by atoms with Crippen LogP contribution in [0.2, 0.25) is 0 Å². The zero-order valence-electron chi connectivity index (χ0n) is 6.63. The first-order valence-electron chi connectivity index (χ1n) is 3.37. The molecule has 0 fully saturated rings. The van der Waals surface area contributed by atoms with E-state index in [1.807, 2.05) is 18.2 Å². The van der Waals surface area contributed by atoms with E-state index in [1.165, 1.54) is 0 Å². The smallest absolute Gasteiger partial charge is 0.144 e. The largest absolute Gasteiger partial charge is 0.497 e. The summed E-state index contributed by atoms with van der Waals surface area (Å²) in [6.45, 7) is 0. The zero-order chi connectivity index (χ0) is 8.32. The third-order valence-corrected chi connectivity index (χ3v) is 2.56. The molecule has 0 N–H and O–H groups in total. The summed E-state index contributed by atoms with van der Waals surface area (Å²) in [5.41, 5.74) is 0. The SMILES string of the molecule is COC1=CCC(Br)(OC)C=C1. The Kier molecular flexibility index (Phi) is 2.73. The Morgan fingerprint density at radius 3 is 2.64 bits per heavy atom. The summed E-state index contributed by atoms with van der Waals surface area (Å²) in [5.74, 6) is 0.886. The van der Waals surface area contributed by atoms with Crippen molar-refractivity contribution in [2.45, 2.75) is 10.9 Å². The van der Waals surface area contributed by atoms with Crippen LogP contribution in [0.25, 0.3) is 0 Å². The van der Waals surface area contributed by atoms with Gasteiger partial charge in [0.2, 0.25) is 0 Å². The van der Waals surface area contributed by atoms with E-state index in [0.29, 0.717) is 0 Å². The third-order valence-electron chi connectivity index (χ3n) is 1.65. The van der Waals surface area contributed by atoms with Gasteiger partial charge in [0, 0.05) is 13.5 Å². The van der Waals surface area contributed by atoms with Crippen molar-refractivity contribution < 1.29 is 9.47 Å². The van der Waals surface area contributed by atoms with Crippen molar-refractivity contribution in [1.82, 2.24) is 0 Å². The van der Waals surface area contributed by atoms with Gasteiger partial charge in [-0.25, -0.2) is 0 Å². The zero-order valence-corrected chi connectivity index (χ0v) is 8.22. The molecule has 0 radical (unpaired) electrons. The highest BCUT2D eigenvalue weighted by Crippen LogP contribution is 2.30. The number of alkyl halides is 1. The van der Waals surface area contributed by atoms with Crippen LogP contribution in [-0.2, 0) is 9.47 Å². The van der Waals surface area contributed by atoms with Crippen molar-refractivity contribution in [3.8, 4) is 0 Å². The summed E-state index contributed by atoms with van der Waals surface area (Å²) < 4.78 is 9.90. The molecule has 1 unspecified atom stereocenters. The Morgan fingerprint density at radius 2 is 2.27 bits per heavy atom. The van der Waals surface area contributed by atoms with E-state index < -0.39 is 0 Å². The van der Waals surface area contributed by atoms with Gasteiger partial charge in [0.05, 0.1) is 7.11 Å². The molecule has 0 saturated heterocycles. The first-order valence-corrected chi connectivity index (χ1v) is 4.17. The van der Waals surface area contributed by atoms with Crippen LogP contribution in [0.5, 0.6) is 0 Å². The quantitative estimate of drug-likeness (QED) is 0.663. The van der Waals surface area contributed by atoms with Crippen LogP contribution in [-0.4, -0.2) is 18.7 Å². The van der Waals surface area contributed by atoms with E-state index in [0.717, 1.165) is 12.2 Å². The molecule has 0 aromatic rings. The second-order valence-electron chi connectivity index (χ2n) is 2.34. The molecular weight excluding hydrogens is 208 g/mol. The molecule has 0 aromatic heterocycles. The van der Waals surface area contributed by atoms with Crippen molar-refractivity contribution in [1.29, 1.82) is 0 Å². The molecule has 0 spiro atoms. The van der Waals surface area contributed by atoms with Crippen molar-refractivity contribution in [3.05, 3.63) is 24.0 Å².